The van der Waals surface area contributed by atoms with Crippen LogP contribution >= 0.6 is 0 Å². The molecule has 1 aliphatic heterocycles. The Kier molecular flexibility index (Phi) is 7.24. The number of nitrogens with two attached hydrogens (primary N) is 1. The number of likely N-dealkylation sites (tertiary alicyclic amines) is 1. The molecule has 0 aliphatic carbocycles. The van der Waals surface area contributed by atoms with Crippen molar-refractivity contribution in [3.05, 3.63) is 47.7 Å². The Morgan fingerprint density at radius 2 is 1.75 bits per heavy atom. The molecule has 8 nitrogen and oxygen atoms in total. The first-order valence-electron chi connectivity index (χ1n) is 11.9. The molecule has 0 unspecified atom stereocenters. The number of allylic oxidation sites excluding steroid dienone is 1. The molecule has 1 aromatic heterocycles. The predicted octanol–water partition coefficient (Wildman–Crippen LogP) is 4.56. The van der Waals surface area contributed by atoms with Crippen molar-refractivity contribution in [1.82, 2.24) is 4.90 Å². The van der Waals surface area contributed by atoms with Gasteiger partial charge < -0.3 is 29.3 Å². The highest BCUT2D eigenvalue weighted by Crippen LogP contribution is 2.42. The number of benzene rings is 2. The molecule has 3 aromatic rings. The number of methoxy groups -OCH3 is 3. The highest BCUT2D eigenvalue weighted by Gasteiger charge is 2.26. The normalized spacial score (nSPS) is 14.7. The van der Waals surface area contributed by atoms with E-state index in [-0.39, 0.29) is 17.7 Å². The van der Waals surface area contributed by atoms with Crippen LogP contribution < -0.4 is 19.9 Å². The summed E-state index contributed by atoms with van der Waals surface area (Å²) in [7, 11) is 4.81. The summed E-state index contributed by atoms with van der Waals surface area (Å²) in [6.45, 7) is 4.86. The zero-order valence-corrected chi connectivity index (χ0v) is 21.3. The van der Waals surface area contributed by atoms with E-state index in [1.54, 1.807) is 38.6 Å². The van der Waals surface area contributed by atoms with Crippen LogP contribution in [0.15, 0.2) is 41.0 Å². The molecule has 0 radical (unpaired) electrons. The van der Waals surface area contributed by atoms with Gasteiger partial charge in [0.1, 0.15) is 11.3 Å². The van der Waals surface area contributed by atoms with Gasteiger partial charge in [-0.05, 0) is 56.0 Å². The summed E-state index contributed by atoms with van der Waals surface area (Å²) in [6.07, 6.45) is 4.53. The minimum absolute atomic E-state index is 0.0949. The number of nitrogens with zero attached hydrogens (tertiary/aromatic N) is 1. The molecule has 8 heteroatoms. The maximum atomic E-state index is 13.0. The smallest absolute Gasteiger partial charge is 0.246 e. The number of ether oxygens (including phenoxy) is 3. The Labute approximate surface area is 210 Å². The second kappa shape index (κ2) is 10.4. The van der Waals surface area contributed by atoms with Crippen LogP contribution in [0.5, 0.6) is 17.2 Å². The molecule has 1 aliphatic rings. The van der Waals surface area contributed by atoms with Gasteiger partial charge in [0.05, 0.1) is 27.6 Å². The molecule has 2 amide bonds. The monoisotopic (exact) mass is 492 g/mol. The minimum atomic E-state index is -0.298. The van der Waals surface area contributed by atoms with Crippen molar-refractivity contribution >= 4 is 28.4 Å². The quantitative estimate of drug-likeness (QED) is 0.485. The number of carbonyl (C=O) groups is 2. The first-order chi connectivity index (χ1) is 17.3. The van der Waals surface area contributed by atoms with Crippen molar-refractivity contribution in [3.63, 3.8) is 0 Å². The molecular formula is C28H32N2O6. The molecule has 0 spiro atoms. The maximum Gasteiger partial charge on any atom is 0.246 e. The van der Waals surface area contributed by atoms with Gasteiger partial charge in [-0.2, -0.15) is 0 Å². The predicted molar refractivity (Wildman–Crippen MR) is 138 cm³/mol. The fraction of sp³-hybridized carbons (Fsp3) is 0.357. The van der Waals surface area contributed by atoms with Crippen LogP contribution in [0, 0.1) is 12.8 Å². The Balaban J connectivity index is 1.72. The molecule has 2 heterocycles. The van der Waals surface area contributed by atoms with E-state index in [4.69, 9.17) is 24.4 Å². The van der Waals surface area contributed by atoms with Crippen LogP contribution in [-0.2, 0) is 9.59 Å². The van der Waals surface area contributed by atoms with Crippen molar-refractivity contribution < 1.29 is 28.2 Å². The summed E-state index contributed by atoms with van der Waals surface area (Å²) in [6, 6.07) is 7.71. The van der Waals surface area contributed by atoms with Gasteiger partial charge in [0.15, 0.2) is 11.5 Å². The van der Waals surface area contributed by atoms with Gasteiger partial charge in [-0.15, -0.1) is 0 Å². The van der Waals surface area contributed by atoms with E-state index in [9.17, 15) is 9.59 Å². The van der Waals surface area contributed by atoms with Crippen LogP contribution in [0.25, 0.3) is 27.7 Å². The number of primary amides is 1. The summed E-state index contributed by atoms with van der Waals surface area (Å²) in [4.78, 5) is 26.2. The zero-order chi connectivity index (χ0) is 26.0. The molecule has 1 fully saturated rings. The molecule has 36 heavy (non-hydrogen) atoms. The van der Waals surface area contributed by atoms with E-state index >= 15 is 0 Å². The van der Waals surface area contributed by atoms with Gasteiger partial charge in [-0.25, -0.2) is 0 Å². The lowest BCUT2D eigenvalue weighted by Crippen LogP contribution is -2.41. The van der Waals surface area contributed by atoms with Crippen molar-refractivity contribution in [3.8, 4) is 28.4 Å². The standard InChI is InChI=1S/C28H32N2O6/c1-16(12-25(31)30-10-8-18(9-11-30)28(29)32)20-14-21-22(15-36-27(21)17(2)26(20)35-5)19-6-7-23(33-3)24(13-19)34-4/h6-7,12-15,18H,8-11H2,1-5H3,(H2,29,32)/b16-12+. The number of amides is 2. The van der Waals surface area contributed by atoms with Gasteiger partial charge in [-0.1, -0.05) is 6.07 Å². The molecule has 2 aromatic carbocycles. The zero-order valence-electron chi connectivity index (χ0n) is 21.3. The van der Waals surface area contributed by atoms with Gasteiger partial charge in [0.25, 0.3) is 0 Å². The highest BCUT2D eigenvalue weighted by atomic mass is 16.5. The minimum Gasteiger partial charge on any atom is -0.496 e. The van der Waals surface area contributed by atoms with Crippen LogP contribution in [0.3, 0.4) is 0 Å². The molecular weight excluding hydrogens is 460 g/mol. The Hall–Kier alpha value is -3.94. The van der Waals surface area contributed by atoms with Gasteiger partial charge in [0, 0.05) is 47.2 Å². The molecule has 0 saturated carbocycles. The fourth-order valence-corrected chi connectivity index (χ4v) is 4.84. The summed E-state index contributed by atoms with van der Waals surface area (Å²) in [5.41, 5.74) is 10.4. The number of hydrogen-bond acceptors (Lipinski definition) is 6. The third-order valence-corrected chi connectivity index (χ3v) is 6.92. The lowest BCUT2D eigenvalue weighted by atomic mass is 9.95. The Bertz CT molecular complexity index is 1330. The van der Waals surface area contributed by atoms with Gasteiger partial charge in [0.2, 0.25) is 11.8 Å². The molecule has 1 saturated heterocycles. The van der Waals surface area contributed by atoms with Crippen LogP contribution in [0.2, 0.25) is 0 Å². The Morgan fingerprint density at radius 1 is 1.06 bits per heavy atom. The summed E-state index contributed by atoms with van der Waals surface area (Å²) < 4.78 is 22.6. The lowest BCUT2D eigenvalue weighted by Gasteiger charge is -2.30. The van der Waals surface area contributed by atoms with E-state index in [1.807, 2.05) is 38.1 Å². The summed E-state index contributed by atoms with van der Waals surface area (Å²) in [5.74, 6) is 1.36. The first-order valence-corrected chi connectivity index (χ1v) is 11.9. The highest BCUT2D eigenvalue weighted by molar-refractivity contribution is 6.02. The van der Waals surface area contributed by atoms with Gasteiger partial charge in [-0.3, -0.25) is 9.59 Å². The number of fused-ring (bicyclic) bond motifs is 1. The number of piperidine rings is 1. The van der Waals surface area contributed by atoms with Crippen molar-refractivity contribution in [2.45, 2.75) is 26.7 Å². The number of rotatable bonds is 7. The molecule has 4 rings (SSSR count). The number of carbonyl (C=O) groups excluding carboxylic acids is 2. The molecule has 2 N–H and O–H groups in total. The topological polar surface area (TPSA) is 104 Å². The average molecular weight is 493 g/mol. The van der Waals surface area contributed by atoms with E-state index in [0.29, 0.717) is 48.8 Å². The molecule has 190 valence electrons. The van der Waals surface area contributed by atoms with E-state index in [1.165, 1.54) is 0 Å². The number of aryl methyl sites for hydroxylation is 1. The van der Waals surface area contributed by atoms with Crippen LogP contribution in [0.4, 0.5) is 0 Å². The fourth-order valence-electron chi connectivity index (χ4n) is 4.84. The maximum absolute atomic E-state index is 13.0. The molecule has 0 bridgehead atoms. The summed E-state index contributed by atoms with van der Waals surface area (Å²) >= 11 is 0. The lowest BCUT2D eigenvalue weighted by molar-refractivity contribution is -0.130. The summed E-state index contributed by atoms with van der Waals surface area (Å²) in [5, 5.41) is 0.901. The van der Waals surface area contributed by atoms with Crippen molar-refractivity contribution in [2.75, 3.05) is 34.4 Å². The molecule has 0 atom stereocenters. The average Bonchev–Trinajstić information content (AvgIpc) is 3.32. The van der Waals surface area contributed by atoms with Crippen molar-refractivity contribution in [1.29, 1.82) is 0 Å². The van der Waals surface area contributed by atoms with E-state index in [0.717, 1.165) is 33.2 Å². The number of hydrogen-bond donors (Lipinski definition) is 1. The third-order valence-electron chi connectivity index (χ3n) is 6.92. The third kappa shape index (κ3) is 4.63. The van der Waals surface area contributed by atoms with Crippen molar-refractivity contribution in [2.24, 2.45) is 11.7 Å². The second-order valence-corrected chi connectivity index (χ2v) is 9.01. The van der Waals surface area contributed by atoms with E-state index in [2.05, 4.69) is 0 Å². The number of furan rings is 1. The largest absolute Gasteiger partial charge is 0.496 e. The first kappa shape index (κ1) is 25.2. The SMILES string of the molecule is COc1ccc(-c2coc3c(C)c(OC)c(/C(C)=C/C(=O)N4CCC(C(N)=O)CC4)cc23)cc1OC. The van der Waals surface area contributed by atoms with Gasteiger partial charge >= 0.3 is 0 Å². The van der Waals surface area contributed by atoms with Crippen LogP contribution in [-0.4, -0.2) is 51.1 Å². The second-order valence-electron chi connectivity index (χ2n) is 9.01. The van der Waals surface area contributed by atoms with Crippen LogP contribution in [0.1, 0.15) is 30.9 Å². The Morgan fingerprint density at radius 3 is 2.36 bits per heavy atom. The van der Waals surface area contributed by atoms with E-state index < -0.39 is 0 Å².